The van der Waals surface area contributed by atoms with Gasteiger partial charge in [-0.05, 0) is 12.1 Å². The van der Waals surface area contributed by atoms with E-state index < -0.39 is 10.8 Å². The zero-order valence-electron chi connectivity index (χ0n) is 6.20. The summed E-state index contributed by atoms with van der Waals surface area (Å²) in [5, 5.41) is 0. The number of nitrogens with two attached hydrogens (primary N) is 2. The molecule has 0 saturated carbocycles. The van der Waals surface area contributed by atoms with Gasteiger partial charge in [-0.3, -0.25) is 4.21 Å². The lowest BCUT2D eigenvalue weighted by molar-refractivity contribution is 0.687. The standard InChI is InChI=1S/C7H10N2OS/c1-11(10)7-5(8)3-2-4-6(7)9/h2-4H,8-9H2,1H3. The van der Waals surface area contributed by atoms with Crippen LogP contribution in [0.1, 0.15) is 0 Å². The van der Waals surface area contributed by atoms with Crippen molar-refractivity contribution >= 4 is 22.2 Å². The van der Waals surface area contributed by atoms with Gasteiger partial charge in [0.25, 0.3) is 0 Å². The first-order valence-corrected chi connectivity index (χ1v) is 4.66. The molecule has 0 heterocycles. The molecule has 0 aliphatic rings. The lowest BCUT2D eigenvalue weighted by Gasteiger charge is -2.04. The van der Waals surface area contributed by atoms with Crippen molar-refractivity contribution in [2.75, 3.05) is 17.7 Å². The van der Waals surface area contributed by atoms with E-state index >= 15 is 0 Å². The van der Waals surface area contributed by atoms with Crippen LogP contribution < -0.4 is 11.5 Å². The van der Waals surface area contributed by atoms with E-state index in [1.165, 1.54) is 0 Å². The van der Waals surface area contributed by atoms with Crippen molar-refractivity contribution < 1.29 is 4.21 Å². The molecule has 60 valence electrons. The van der Waals surface area contributed by atoms with Gasteiger partial charge in [0.2, 0.25) is 0 Å². The molecule has 0 aromatic heterocycles. The summed E-state index contributed by atoms with van der Waals surface area (Å²) >= 11 is 0. The minimum atomic E-state index is -1.10. The van der Waals surface area contributed by atoms with Crippen molar-refractivity contribution in [3.8, 4) is 0 Å². The van der Waals surface area contributed by atoms with Gasteiger partial charge in [-0.2, -0.15) is 0 Å². The third kappa shape index (κ3) is 1.51. The molecule has 1 aromatic carbocycles. The Bertz CT molecular complexity index is 278. The Labute approximate surface area is 67.9 Å². The van der Waals surface area contributed by atoms with Crippen molar-refractivity contribution in [2.24, 2.45) is 0 Å². The number of hydrogen-bond acceptors (Lipinski definition) is 3. The molecular weight excluding hydrogens is 160 g/mol. The monoisotopic (exact) mass is 170 g/mol. The molecular formula is C7H10N2OS. The van der Waals surface area contributed by atoms with E-state index in [9.17, 15) is 4.21 Å². The largest absolute Gasteiger partial charge is 0.398 e. The van der Waals surface area contributed by atoms with Crippen LogP contribution in [0.4, 0.5) is 11.4 Å². The van der Waals surface area contributed by atoms with Crippen LogP contribution >= 0.6 is 0 Å². The van der Waals surface area contributed by atoms with Crippen LogP contribution in [0.3, 0.4) is 0 Å². The lowest BCUT2D eigenvalue weighted by Crippen LogP contribution is -2.00. The van der Waals surface area contributed by atoms with Crippen LogP contribution in [-0.4, -0.2) is 10.5 Å². The summed E-state index contributed by atoms with van der Waals surface area (Å²) < 4.78 is 11.0. The second kappa shape index (κ2) is 2.92. The zero-order chi connectivity index (χ0) is 8.43. The maximum absolute atomic E-state index is 11.0. The van der Waals surface area contributed by atoms with E-state index in [1.54, 1.807) is 24.5 Å². The fourth-order valence-electron chi connectivity index (χ4n) is 0.905. The van der Waals surface area contributed by atoms with Crippen LogP contribution in [0.15, 0.2) is 23.1 Å². The van der Waals surface area contributed by atoms with Crippen molar-refractivity contribution in [3.63, 3.8) is 0 Å². The van der Waals surface area contributed by atoms with E-state index in [0.717, 1.165) is 0 Å². The van der Waals surface area contributed by atoms with Crippen LogP contribution in [0, 0.1) is 0 Å². The average Bonchev–Trinajstić information content (AvgIpc) is 1.85. The van der Waals surface area contributed by atoms with E-state index in [-0.39, 0.29) is 0 Å². The molecule has 0 bridgehead atoms. The molecule has 0 spiro atoms. The second-order valence-corrected chi connectivity index (χ2v) is 3.54. The number of rotatable bonds is 1. The van der Waals surface area contributed by atoms with Crippen LogP contribution in [-0.2, 0) is 10.8 Å². The van der Waals surface area contributed by atoms with Gasteiger partial charge in [-0.15, -0.1) is 0 Å². The fraction of sp³-hybridized carbons (Fsp3) is 0.143. The number of nitrogen functional groups attached to an aromatic ring is 2. The summed E-state index contributed by atoms with van der Waals surface area (Å²) in [4.78, 5) is 0.535. The molecule has 4 heteroatoms. The highest BCUT2D eigenvalue weighted by atomic mass is 32.2. The molecule has 0 aliphatic carbocycles. The van der Waals surface area contributed by atoms with Gasteiger partial charge in [-0.1, -0.05) is 6.07 Å². The van der Waals surface area contributed by atoms with Crippen LogP contribution in [0.25, 0.3) is 0 Å². The molecule has 4 N–H and O–H groups in total. The summed E-state index contributed by atoms with van der Waals surface area (Å²) in [5.74, 6) is 0. The molecule has 0 saturated heterocycles. The molecule has 11 heavy (non-hydrogen) atoms. The van der Waals surface area contributed by atoms with Crippen molar-refractivity contribution in [1.82, 2.24) is 0 Å². The molecule has 0 aliphatic heterocycles. The topological polar surface area (TPSA) is 69.1 Å². The summed E-state index contributed by atoms with van der Waals surface area (Å²) in [6.45, 7) is 0. The Morgan fingerprint density at radius 1 is 1.27 bits per heavy atom. The highest BCUT2D eigenvalue weighted by molar-refractivity contribution is 7.84. The predicted octanol–water partition coefficient (Wildman–Crippen LogP) is 0.588. The lowest BCUT2D eigenvalue weighted by atomic mass is 10.3. The highest BCUT2D eigenvalue weighted by Crippen LogP contribution is 2.21. The van der Waals surface area contributed by atoms with Gasteiger partial charge in [0.05, 0.1) is 15.7 Å². The van der Waals surface area contributed by atoms with Gasteiger partial charge in [-0.25, -0.2) is 0 Å². The minimum Gasteiger partial charge on any atom is -0.398 e. The SMILES string of the molecule is CS(=O)c1c(N)cccc1N. The summed E-state index contributed by atoms with van der Waals surface area (Å²) in [5.41, 5.74) is 12.1. The normalized spacial score (nSPS) is 12.8. The molecule has 0 radical (unpaired) electrons. The van der Waals surface area contributed by atoms with Gasteiger partial charge in [0.15, 0.2) is 0 Å². The van der Waals surface area contributed by atoms with E-state index in [0.29, 0.717) is 16.3 Å². The van der Waals surface area contributed by atoms with Crippen molar-refractivity contribution in [3.05, 3.63) is 18.2 Å². The minimum absolute atomic E-state index is 0.492. The third-order valence-corrected chi connectivity index (χ3v) is 2.41. The van der Waals surface area contributed by atoms with Crippen LogP contribution in [0.5, 0.6) is 0 Å². The number of hydrogen-bond donors (Lipinski definition) is 2. The van der Waals surface area contributed by atoms with Gasteiger partial charge < -0.3 is 11.5 Å². The molecule has 1 aromatic rings. The molecule has 0 amide bonds. The maximum atomic E-state index is 11.0. The summed E-state index contributed by atoms with van der Waals surface area (Å²) in [6.07, 6.45) is 1.56. The van der Waals surface area contributed by atoms with E-state index in [4.69, 9.17) is 11.5 Å². The summed E-state index contributed by atoms with van der Waals surface area (Å²) in [7, 11) is -1.10. The Hall–Kier alpha value is -1.03. The van der Waals surface area contributed by atoms with Gasteiger partial charge >= 0.3 is 0 Å². The fourth-order valence-corrected chi connectivity index (χ4v) is 1.71. The third-order valence-electron chi connectivity index (χ3n) is 1.36. The van der Waals surface area contributed by atoms with E-state index in [1.807, 2.05) is 0 Å². The summed E-state index contributed by atoms with van der Waals surface area (Å²) in [6, 6.07) is 5.11. The molecule has 1 atom stereocenters. The second-order valence-electron chi connectivity index (χ2n) is 2.22. The van der Waals surface area contributed by atoms with Crippen molar-refractivity contribution in [1.29, 1.82) is 0 Å². The Morgan fingerprint density at radius 2 is 1.73 bits per heavy atom. The van der Waals surface area contributed by atoms with Gasteiger partial charge in [0.1, 0.15) is 0 Å². The Balaban J connectivity index is 3.32. The molecule has 1 unspecified atom stereocenters. The number of anilines is 2. The Morgan fingerprint density at radius 3 is 2.00 bits per heavy atom. The molecule has 1 rings (SSSR count). The molecule has 3 nitrogen and oxygen atoms in total. The quantitative estimate of drug-likeness (QED) is 0.606. The first-order chi connectivity index (χ1) is 5.13. The number of benzene rings is 1. The maximum Gasteiger partial charge on any atom is 0.0843 e. The smallest absolute Gasteiger partial charge is 0.0843 e. The molecule has 0 fully saturated rings. The van der Waals surface area contributed by atoms with Crippen LogP contribution in [0.2, 0.25) is 0 Å². The first kappa shape index (κ1) is 8.07. The van der Waals surface area contributed by atoms with Gasteiger partial charge in [0, 0.05) is 17.6 Å². The highest BCUT2D eigenvalue weighted by Gasteiger charge is 2.05. The Kier molecular flexibility index (Phi) is 2.14. The zero-order valence-corrected chi connectivity index (χ0v) is 7.02. The first-order valence-electron chi connectivity index (χ1n) is 3.10. The van der Waals surface area contributed by atoms with E-state index in [2.05, 4.69) is 0 Å². The average molecular weight is 170 g/mol. The van der Waals surface area contributed by atoms with Crippen molar-refractivity contribution in [2.45, 2.75) is 4.90 Å². The predicted molar refractivity (Wildman–Crippen MR) is 47.6 cm³/mol.